The van der Waals surface area contributed by atoms with Gasteiger partial charge >= 0.3 is 0 Å². The van der Waals surface area contributed by atoms with Gasteiger partial charge in [0.25, 0.3) is 0 Å². The maximum atomic E-state index is 13.0. The van der Waals surface area contributed by atoms with Gasteiger partial charge in [-0.05, 0) is 61.7 Å². The minimum Gasteiger partial charge on any atom is -0.457 e. The largest absolute Gasteiger partial charge is 0.457 e. The number of carbonyl (C=O) groups excluding carboxylic acids is 1. The molecule has 1 aromatic heterocycles. The van der Waals surface area contributed by atoms with Crippen LogP contribution in [0.25, 0.3) is 11.1 Å². The summed E-state index contributed by atoms with van der Waals surface area (Å²) in [5, 5.41) is 3.05. The minimum absolute atomic E-state index is 0.0164. The number of piperidine rings is 1. The summed E-state index contributed by atoms with van der Waals surface area (Å²) in [7, 11) is 0. The van der Waals surface area contributed by atoms with Gasteiger partial charge in [-0.2, -0.15) is 0 Å². The molecule has 5 rings (SSSR count). The zero-order chi connectivity index (χ0) is 24.0. The summed E-state index contributed by atoms with van der Waals surface area (Å²) in [5.41, 5.74) is 4.06. The number of ether oxygens (including phenoxy) is 1. The van der Waals surface area contributed by atoms with Gasteiger partial charge in [0.2, 0.25) is 11.9 Å². The third kappa shape index (κ3) is 5.66. The molecule has 1 aliphatic heterocycles. The topological polar surface area (TPSA) is 67.4 Å². The molecule has 2 heterocycles. The Balaban J connectivity index is 1.18. The molecule has 0 radical (unpaired) electrons. The van der Waals surface area contributed by atoms with Gasteiger partial charge < -0.3 is 15.0 Å². The first-order valence-electron chi connectivity index (χ1n) is 11.9. The Kier molecular flexibility index (Phi) is 6.70. The average Bonchev–Trinajstić information content (AvgIpc) is 2.91. The van der Waals surface area contributed by atoms with E-state index in [0.29, 0.717) is 12.5 Å². The zero-order valence-electron chi connectivity index (χ0n) is 19.7. The van der Waals surface area contributed by atoms with Crippen molar-refractivity contribution in [1.29, 1.82) is 0 Å². The maximum absolute atomic E-state index is 13.0. The average molecular weight is 465 g/mol. The number of para-hydroxylation sites is 1. The third-order valence-corrected chi connectivity index (χ3v) is 6.20. The second-order valence-corrected chi connectivity index (χ2v) is 8.85. The minimum atomic E-state index is -0.121. The van der Waals surface area contributed by atoms with Crippen molar-refractivity contribution in [2.75, 3.05) is 23.3 Å². The Labute approximate surface area is 205 Å². The van der Waals surface area contributed by atoms with Gasteiger partial charge in [0.15, 0.2) is 0 Å². The molecule has 1 atom stereocenters. The van der Waals surface area contributed by atoms with Crippen molar-refractivity contribution in [3.8, 4) is 22.6 Å². The molecule has 3 aromatic carbocycles. The lowest BCUT2D eigenvalue weighted by molar-refractivity contribution is -0.120. The van der Waals surface area contributed by atoms with Crippen LogP contribution in [0.2, 0.25) is 0 Å². The van der Waals surface area contributed by atoms with Crippen molar-refractivity contribution in [2.24, 2.45) is 5.92 Å². The van der Waals surface area contributed by atoms with E-state index in [0.717, 1.165) is 47.7 Å². The predicted molar refractivity (Wildman–Crippen MR) is 139 cm³/mol. The number of anilines is 2. The molecule has 1 aliphatic rings. The summed E-state index contributed by atoms with van der Waals surface area (Å²) in [6, 6.07) is 25.4. The highest BCUT2D eigenvalue weighted by molar-refractivity contribution is 5.93. The Morgan fingerprint density at radius 2 is 1.57 bits per heavy atom. The van der Waals surface area contributed by atoms with E-state index in [1.807, 2.05) is 67.0 Å². The van der Waals surface area contributed by atoms with E-state index < -0.39 is 0 Å². The summed E-state index contributed by atoms with van der Waals surface area (Å²) < 4.78 is 5.83. The van der Waals surface area contributed by atoms with Crippen LogP contribution in [0.4, 0.5) is 11.6 Å². The fraction of sp³-hybridized carbons (Fsp3) is 0.207. The second kappa shape index (κ2) is 10.4. The van der Waals surface area contributed by atoms with Crippen molar-refractivity contribution in [3.05, 3.63) is 96.8 Å². The number of rotatable bonds is 6. The summed E-state index contributed by atoms with van der Waals surface area (Å²) in [6.45, 7) is 3.52. The Morgan fingerprint density at radius 1 is 0.886 bits per heavy atom. The predicted octanol–water partition coefficient (Wildman–Crippen LogP) is 6.10. The van der Waals surface area contributed by atoms with Crippen molar-refractivity contribution in [2.45, 2.75) is 19.8 Å². The molecule has 35 heavy (non-hydrogen) atoms. The number of carbonyl (C=O) groups is 1. The smallest absolute Gasteiger partial charge is 0.229 e. The highest BCUT2D eigenvalue weighted by Gasteiger charge is 2.27. The molecule has 6 heteroatoms. The van der Waals surface area contributed by atoms with E-state index in [-0.39, 0.29) is 11.8 Å². The van der Waals surface area contributed by atoms with E-state index in [1.165, 1.54) is 5.56 Å². The van der Waals surface area contributed by atoms with Crippen LogP contribution >= 0.6 is 0 Å². The van der Waals surface area contributed by atoms with Crippen molar-refractivity contribution < 1.29 is 9.53 Å². The molecule has 1 amide bonds. The summed E-state index contributed by atoms with van der Waals surface area (Å²) in [6.07, 6.45) is 5.48. The molecule has 1 fully saturated rings. The third-order valence-electron chi connectivity index (χ3n) is 6.20. The lowest BCUT2D eigenvalue weighted by Gasteiger charge is -2.32. The molecule has 6 nitrogen and oxygen atoms in total. The number of aryl methyl sites for hydroxylation is 1. The highest BCUT2D eigenvalue weighted by Crippen LogP contribution is 2.26. The molecule has 0 bridgehead atoms. The normalized spacial score (nSPS) is 15.5. The van der Waals surface area contributed by atoms with Crippen LogP contribution in [0, 0.1) is 12.8 Å². The van der Waals surface area contributed by atoms with E-state index in [1.54, 1.807) is 0 Å². The number of hydrogen-bond acceptors (Lipinski definition) is 5. The van der Waals surface area contributed by atoms with Crippen LogP contribution in [0.1, 0.15) is 18.4 Å². The van der Waals surface area contributed by atoms with Crippen LogP contribution in [0.15, 0.2) is 91.3 Å². The Hall–Kier alpha value is -4.19. The van der Waals surface area contributed by atoms with Gasteiger partial charge in [-0.1, -0.05) is 48.0 Å². The molecule has 1 N–H and O–H groups in total. The van der Waals surface area contributed by atoms with Crippen molar-refractivity contribution in [3.63, 3.8) is 0 Å². The Morgan fingerprint density at radius 3 is 2.29 bits per heavy atom. The maximum Gasteiger partial charge on any atom is 0.229 e. The fourth-order valence-corrected chi connectivity index (χ4v) is 4.23. The number of benzene rings is 3. The van der Waals surface area contributed by atoms with Crippen molar-refractivity contribution >= 4 is 17.5 Å². The standard InChI is InChI=1S/C29H28N4O2/c1-21-9-11-22(12-10-21)24-18-30-29(31-19-24)33-17-5-6-23(20-33)28(34)32-25-13-15-27(16-14-25)35-26-7-3-2-4-8-26/h2-4,7-16,18-19,23H,5-6,17,20H2,1H3,(H,32,34). The van der Waals surface area contributed by atoms with Crippen molar-refractivity contribution in [1.82, 2.24) is 9.97 Å². The second-order valence-electron chi connectivity index (χ2n) is 8.85. The van der Waals surface area contributed by atoms with Crippen LogP contribution in [0.5, 0.6) is 11.5 Å². The SMILES string of the molecule is Cc1ccc(-c2cnc(N3CCCC(C(=O)Nc4ccc(Oc5ccccc5)cc4)C3)nc2)cc1. The van der Waals surface area contributed by atoms with Gasteiger partial charge in [-0.15, -0.1) is 0 Å². The number of aromatic nitrogens is 2. The summed E-state index contributed by atoms with van der Waals surface area (Å²) >= 11 is 0. The lowest BCUT2D eigenvalue weighted by atomic mass is 9.97. The molecule has 0 aliphatic carbocycles. The van der Waals surface area contributed by atoms with Gasteiger partial charge in [0.05, 0.1) is 5.92 Å². The Bertz CT molecular complexity index is 1260. The van der Waals surface area contributed by atoms with Gasteiger partial charge in [-0.3, -0.25) is 4.79 Å². The monoisotopic (exact) mass is 464 g/mol. The first-order chi connectivity index (χ1) is 17.1. The molecular weight excluding hydrogens is 436 g/mol. The van der Waals surface area contributed by atoms with Crippen LogP contribution in [-0.2, 0) is 4.79 Å². The summed E-state index contributed by atoms with van der Waals surface area (Å²) in [5.74, 6) is 2.07. The van der Waals surface area contributed by atoms with Gasteiger partial charge in [0, 0.05) is 36.7 Å². The molecule has 1 saturated heterocycles. The number of nitrogens with one attached hydrogen (secondary N) is 1. The van der Waals surface area contributed by atoms with Crippen LogP contribution in [0.3, 0.4) is 0 Å². The first-order valence-corrected chi connectivity index (χ1v) is 11.9. The fourth-order valence-electron chi connectivity index (χ4n) is 4.23. The molecule has 4 aromatic rings. The van der Waals surface area contributed by atoms with Crippen LogP contribution < -0.4 is 15.0 Å². The van der Waals surface area contributed by atoms with E-state index in [2.05, 4.69) is 51.4 Å². The molecule has 0 spiro atoms. The van der Waals surface area contributed by atoms with E-state index in [4.69, 9.17) is 4.74 Å². The number of nitrogens with zero attached hydrogens (tertiary/aromatic N) is 3. The number of amides is 1. The molecule has 176 valence electrons. The first kappa shape index (κ1) is 22.6. The van der Waals surface area contributed by atoms with Gasteiger partial charge in [-0.25, -0.2) is 9.97 Å². The number of hydrogen-bond donors (Lipinski definition) is 1. The quantitative estimate of drug-likeness (QED) is 0.373. The molecule has 1 unspecified atom stereocenters. The lowest BCUT2D eigenvalue weighted by Crippen LogP contribution is -2.41. The van der Waals surface area contributed by atoms with E-state index in [9.17, 15) is 4.79 Å². The van der Waals surface area contributed by atoms with E-state index >= 15 is 0 Å². The molecular formula is C29H28N4O2. The van der Waals surface area contributed by atoms with Gasteiger partial charge in [0.1, 0.15) is 11.5 Å². The summed E-state index contributed by atoms with van der Waals surface area (Å²) in [4.78, 5) is 24.3. The zero-order valence-corrected chi connectivity index (χ0v) is 19.7. The highest BCUT2D eigenvalue weighted by atomic mass is 16.5. The molecule has 0 saturated carbocycles. The van der Waals surface area contributed by atoms with Crippen LogP contribution in [-0.4, -0.2) is 29.0 Å².